The molecule has 6 nitrogen and oxygen atoms in total. The summed E-state index contributed by atoms with van der Waals surface area (Å²) >= 11 is 0. The highest BCUT2D eigenvalue weighted by Crippen LogP contribution is 2.26. The Morgan fingerprint density at radius 2 is 2.28 bits per heavy atom. The second kappa shape index (κ2) is 4.99. The van der Waals surface area contributed by atoms with Crippen LogP contribution < -0.4 is 5.73 Å². The molecule has 0 saturated carbocycles. The fourth-order valence-electron chi connectivity index (χ4n) is 2.44. The van der Waals surface area contributed by atoms with Gasteiger partial charge in [0.1, 0.15) is 4.90 Å². The molecule has 2 rings (SSSR count). The highest BCUT2D eigenvalue weighted by atomic mass is 32.2. The molecule has 0 amide bonds. The van der Waals surface area contributed by atoms with Crippen molar-refractivity contribution in [2.45, 2.75) is 38.1 Å². The van der Waals surface area contributed by atoms with E-state index in [1.165, 1.54) is 0 Å². The third-order valence-corrected chi connectivity index (χ3v) is 5.44. The third kappa shape index (κ3) is 2.30. The summed E-state index contributed by atoms with van der Waals surface area (Å²) in [5.41, 5.74) is 6.54. The lowest BCUT2D eigenvalue weighted by atomic mass is 10.0. The molecule has 0 aromatic carbocycles. The summed E-state index contributed by atoms with van der Waals surface area (Å²) in [6.45, 7) is 5.08. The number of nitrogens with zero attached hydrogens (tertiary/aromatic N) is 2. The van der Waals surface area contributed by atoms with Gasteiger partial charge in [0.25, 0.3) is 0 Å². The van der Waals surface area contributed by atoms with Gasteiger partial charge in [-0.3, -0.25) is 5.10 Å². The number of aromatic nitrogens is 2. The molecule has 18 heavy (non-hydrogen) atoms. The molecule has 1 unspecified atom stereocenters. The summed E-state index contributed by atoms with van der Waals surface area (Å²) in [7, 11) is -3.47. The number of hydrogen-bond acceptors (Lipinski definition) is 4. The van der Waals surface area contributed by atoms with Crippen molar-refractivity contribution >= 4 is 10.0 Å². The van der Waals surface area contributed by atoms with Crippen LogP contribution in [0.25, 0.3) is 0 Å². The number of aromatic amines is 1. The highest BCUT2D eigenvalue weighted by Gasteiger charge is 2.32. The molecule has 1 aromatic rings. The Morgan fingerprint density at radius 1 is 1.56 bits per heavy atom. The maximum atomic E-state index is 12.6. The molecule has 102 valence electrons. The number of hydrogen-bond donors (Lipinski definition) is 2. The maximum absolute atomic E-state index is 12.6. The van der Waals surface area contributed by atoms with Gasteiger partial charge < -0.3 is 5.73 Å². The van der Waals surface area contributed by atoms with Crippen molar-refractivity contribution in [3.8, 4) is 0 Å². The van der Waals surface area contributed by atoms with Crippen molar-refractivity contribution in [2.75, 3.05) is 13.1 Å². The Morgan fingerprint density at radius 3 is 2.89 bits per heavy atom. The topological polar surface area (TPSA) is 92.1 Å². The predicted octanol–water partition coefficient (Wildman–Crippen LogP) is 0.597. The van der Waals surface area contributed by atoms with Crippen LogP contribution in [0.15, 0.2) is 4.90 Å². The van der Waals surface area contributed by atoms with Gasteiger partial charge in [-0.25, -0.2) is 8.42 Å². The SMILES string of the molecule is Cc1[nH]nc(CN)c1S(=O)(=O)N1CCCC(C)C1. The summed E-state index contributed by atoms with van der Waals surface area (Å²) in [4.78, 5) is 0.263. The van der Waals surface area contributed by atoms with Crippen LogP contribution in [-0.2, 0) is 16.6 Å². The average molecular weight is 272 g/mol. The van der Waals surface area contributed by atoms with Crippen LogP contribution in [0.3, 0.4) is 0 Å². The van der Waals surface area contributed by atoms with E-state index in [0.717, 1.165) is 12.8 Å². The fourth-order valence-corrected chi connectivity index (χ4v) is 4.38. The van der Waals surface area contributed by atoms with Crippen molar-refractivity contribution in [3.63, 3.8) is 0 Å². The molecule has 7 heteroatoms. The number of rotatable bonds is 3. The van der Waals surface area contributed by atoms with Gasteiger partial charge >= 0.3 is 0 Å². The minimum absolute atomic E-state index is 0.127. The first-order valence-corrected chi connectivity index (χ1v) is 7.65. The average Bonchev–Trinajstić information content (AvgIpc) is 2.71. The van der Waals surface area contributed by atoms with Gasteiger partial charge in [0.2, 0.25) is 10.0 Å². The lowest BCUT2D eigenvalue weighted by molar-refractivity contribution is 0.281. The molecule has 3 N–H and O–H groups in total. The van der Waals surface area contributed by atoms with E-state index in [-0.39, 0.29) is 11.4 Å². The summed E-state index contributed by atoms with van der Waals surface area (Å²) in [6.07, 6.45) is 2.00. The number of H-pyrrole nitrogens is 1. The van der Waals surface area contributed by atoms with Crippen LogP contribution in [0.4, 0.5) is 0 Å². The van der Waals surface area contributed by atoms with Gasteiger partial charge in [-0.15, -0.1) is 0 Å². The number of piperidine rings is 1. The van der Waals surface area contributed by atoms with E-state index in [2.05, 4.69) is 17.1 Å². The van der Waals surface area contributed by atoms with E-state index in [9.17, 15) is 8.42 Å². The van der Waals surface area contributed by atoms with Gasteiger partial charge in [-0.1, -0.05) is 6.92 Å². The van der Waals surface area contributed by atoms with Crippen molar-refractivity contribution in [3.05, 3.63) is 11.4 Å². The molecule has 1 atom stereocenters. The Bertz CT molecular complexity index is 523. The van der Waals surface area contributed by atoms with Gasteiger partial charge in [-0.05, 0) is 25.7 Å². The van der Waals surface area contributed by atoms with Crippen molar-refractivity contribution in [1.29, 1.82) is 0 Å². The van der Waals surface area contributed by atoms with Gasteiger partial charge in [0.05, 0.1) is 11.4 Å². The molecule has 1 fully saturated rings. The van der Waals surface area contributed by atoms with Gasteiger partial charge in [-0.2, -0.15) is 9.40 Å². The first kappa shape index (κ1) is 13.5. The molecule has 0 radical (unpaired) electrons. The Labute approximate surface area is 108 Å². The minimum Gasteiger partial charge on any atom is -0.325 e. The molecule has 0 aliphatic carbocycles. The lowest BCUT2D eigenvalue weighted by Crippen LogP contribution is -2.39. The zero-order valence-corrected chi connectivity index (χ0v) is 11.6. The smallest absolute Gasteiger partial charge is 0.246 e. The first-order chi connectivity index (χ1) is 8.46. The van der Waals surface area contributed by atoms with E-state index < -0.39 is 10.0 Å². The molecule has 1 aromatic heterocycles. The zero-order valence-electron chi connectivity index (χ0n) is 10.8. The molecular weight excluding hydrogens is 252 g/mol. The van der Waals surface area contributed by atoms with Crippen LogP contribution >= 0.6 is 0 Å². The van der Waals surface area contributed by atoms with Crippen LogP contribution in [0, 0.1) is 12.8 Å². The second-order valence-electron chi connectivity index (χ2n) is 4.94. The number of nitrogens with one attached hydrogen (secondary N) is 1. The quantitative estimate of drug-likeness (QED) is 0.842. The normalized spacial score (nSPS) is 22.3. The summed E-state index contributed by atoms with van der Waals surface area (Å²) in [5, 5.41) is 6.67. The Hall–Kier alpha value is -0.920. The number of sulfonamides is 1. The highest BCUT2D eigenvalue weighted by molar-refractivity contribution is 7.89. The summed E-state index contributed by atoms with van der Waals surface area (Å²) < 4.78 is 26.8. The molecule has 0 spiro atoms. The third-order valence-electron chi connectivity index (χ3n) is 3.37. The zero-order chi connectivity index (χ0) is 13.3. The summed E-state index contributed by atoms with van der Waals surface area (Å²) in [6, 6.07) is 0. The number of aryl methyl sites for hydroxylation is 1. The standard InChI is InChI=1S/C11H20N4O2S/c1-8-4-3-5-15(7-8)18(16,17)11-9(2)13-14-10(11)6-12/h8H,3-7,12H2,1-2H3,(H,13,14). The van der Waals surface area contributed by atoms with Crippen LogP contribution in [0.1, 0.15) is 31.2 Å². The summed E-state index contributed by atoms with van der Waals surface area (Å²) in [5.74, 6) is 0.405. The van der Waals surface area contributed by atoms with E-state index in [4.69, 9.17) is 5.73 Å². The predicted molar refractivity (Wildman–Crippen MR) is 68.4 cm³/mol. The fraction of sp³-hybridized carbons (Fsp3) is 0.727. The molecule has 0 bridgehead atoms. The number of nitrogens with two attached hydrogens (primary N) is 1. The van der Waals surface area contributed by atoms with Crippen LogP contribution in [0.5, 0.6) is 0 Å². The van der Waals surface area contributed by atoms with E-state index >= 15 is 0 Å². The first-order valence-electron chi connectivity index (χ1n) is 6.21. The molecular formula is C11H20N4O2S. The molecule has 1 saturated heterocycles. The van der Waals surface area contributed by atoms with E-state index in [1.807, 2.05) is 0 Å². The van der Waals surface area contributed by atoms with Crippen LogP contribution in [0.2, 0.25) is 0 Å². The second-order valence-corrected chi connectivity index (χ2v) is 6.81. The van der Waals surface area contributed by atoms with E-state index in [1.54, 1.807) is 11.2 Å². The van der Waals surface area contributed by atoms with Crippen molar-refractivity contribution in [1.82, 2.24) is 14.5 Å². The van der Waals surface area contributed by atoms with Crippen molar-refractivity contribution in [2.24, 2.45) is 11.7 Å². The largest absolute Gasteiger partial charge is 0.325 e. The molecule has 1 aliphatic rings. The maximum Gasteiger partial charge on any atom is 0.246 e. The lowest BCUT2D eigenvalue weighted by Gasteiger charge is -2.30. The van der Waals surface area contributed by atoms with Gasteiger partial charge in [0, 0.05) is 19.6 Å². The monoisotopic (exact) mass is 272 g/mol. The molecule has 2 heterocycles. The Kier molecular flexibility index (Phi) is 3.74. The minimum atomic E-state index is -3.47. The Balaban J connectivity index is 2.38. The van der Waals surface area contributed by atoms with Gasteiger partial charge in [0.15, 0.2) is 0 Å². The van der Waals surface area contributed by atoms with Crippen molar-refractivity contribution < 1.29 is 8.42 Å². The molecule has 1 aliphatic heterocycles. The van der Waals surface area contributed by atoms with E-state index in [0.29, 0.717) is 30.4 Å². The van der Waals surface area contributed by atoms with Crippen LogP contribution in [-0.4, -0.2) is 36.0 Å².